The summed E-state index contributed by atoms with van der Waals surface area (Å²) >= 11 is 0. The monoisotopic (exact) mass is 279 g/mol. The zero-order chi connectivity index (χ0) is 14.3. The molecule has 2 N–H and O–H groups in total. The number of hydrogen-bond donors (Lipinski definition) is 1. The molecule has 1 saturated carbocycles. The molecule has 3 rings (SSSR count). The van der Waals surface area contributed by atoms with E-state index in [9.17, 15) is 4.79 Å². The first-order valence-electron chi connectivity index (χ1n) is 7.26. The third kappa shape index (κ3) is 2.18. The largest absolute Gasteiger partial charge is 0.461 e. The third-order valence-corrected chi connectivity index (χ3v) is 4.11. The third-order valence-electron chi connectivity index (χ3n) is 4.11. The molecule has 2 fully saturated rings. The van der Waals surface area contributed by atoms with Crippen LogP contribution in [-0.4, -0.2) is 34.8 Å². The summed E-state index contributed by atoms with van der Waals surface area (Å²) in [6.45, 7) is 4.71. The van der Waals surface area contributed by atoms with Crippen LogP contribution in [0, 0.1) is 12.8 Å². The van der Waals surface area contributed by atoms with Crippen LogP contribution < -0.4 is 5.73 Å². The number of rotatable bonds is 4. The molecule has 1 saturated heterocycles. The lowest BCUT2D eigenvalue weighted by Gasteiger charge is -2.22. The Morgan fingerprint density at radius 3 is 2.90 bits per heavy atom. The highest BCUT2D eigenvalue weighted by Gasteiger charge is 2.43. The number of esters is 1. The minimum absolute atomic E-state index is 0.193. The van der Waals surface area contributed by atoms with Crippen molar-refractivity contribution < 1.29 is 14.3 Å². The molecule has 0 bridgehead atoms. The number of aromatic nitrogens is 2. The van der Waals surface area contributed by atoms with Gasteiger partial charge in [0.25, 0.3) is 0 Å². The van der Waals surface area contributed by atoms with E-state index < -0.39 is 5.97 Å². The van der Waals surface area contributed by atoms with Crippen molar-refractivity contribution in [3.8, 4) is 0 Å². The van der Waals surface area contributed by atoms with E-state index >= 15 is 0 Å². The van der Waals surface area contributed by atoms with Gasteiger partial charge < -0.3 is 19.8 Å². The summed E-state index contributed by atoms with van der Waals surface area (Å²) in [5, 5.41) is 0. The number of nitrogens with two attached hydrogens (primary N) is 1. The average molecular weight is 279 g/mol. The highest BCUT2D eigenvalue weighted by atomic mass is 16.5. The van der Waals surface area contributed by atoms with Crippen molar-refractivity contribution in [3.05, 3.63) is 11.5 Å². The summed E-state index contributed by atoms with van der Waals surface area (Å²) in [7, 11) is 0. The van der Waals surface area contributed by atoms with Gasteiger partial charge >= 0.3 is 5.97 Å². The second-order valence-corrected chi connectivity index (χ2v) is 5.51. The van der Waals surface area contributed by atoms with Gasteiger partial charge in [-0.2, -0.15) is 0 Å². The Morgan fingerprint density at radius 2 is 2.25 bits per heavy atom. The van der Waals surface area contributed by atoms with E-state index in [1.807, 2.05) is 11.5 Å². The van der Waals surface area contributed by atoms with Crippen molar-refractivity contribution in [1.82, 2.24) is 9.55 Å². The zero-order valence-corrected chi connectivity index (χ0v) is 12.0. The minimum Gasteiger partial charge on any atom is -0.461 e. The second kappa shape index (κ2) is 5.09. The van der Waals surface area contributed by atoms with Gasteiger partial charge in [-0.3, -0.25) is 0 Å². The Hall–Kier alpha value is -1.56. The topological polar surface area (TPSA) is 79.4 Å². The van der Waals surface area contributed by atoms with E-state index in [0.29, 0.717) is 18.3 Å². The zero-order valence-electron chi connectivity index (χ0n) is 12.0. The van der Waals surface area contributed by atoms with E-state index in [4.69, 9.17) is 15.2 Å². The van der Waals surface area contributed by atoms with Gasteiger partial charge in [-0.1, -0.05) is 0 Å². The molecule has 0 amide bonds. The number of aryl methyl sites for hydroxylation is 1. The number of nitrogens with zero attached hydrogens (tertiary/aromatic N) is 2. The summed E-state index contributed by atoms with van der Waals surface area (Å²) in [5.41, 5.74) is 6.37. The van der Waals surface area contributed by atoms with Gasteiger partial charge in [0.15, 0.2) is 5.69 Å². The van der Waals surface area contributed by atoms with Crippen molar-refractivity contribution in [1.29, 1.82) is 0 Å². The van der Waals surface area contributed by atoms with Gasteiger partial charge in [0, 0.05) is 6.61 Å². The Bertz CT molecular complexity index is 522. The molecule has 0 radical (unpaired) electrons. The number of imidazole rings is 1. The average Bonchev–Trinajstić information content (AvgIpc) is 3.07. The number of hydrogen-bond acceptors (Lipinski definition) is 5. The van der Waals surface area contributed by atoms with Gasteiger partial charge in [-0.05, 0) is 39.0 Å². The Morgan fingerprint density at radius 1 is 1.50 bits per heavy atom. The highest BCUT2D eigenvalue weighted by Crippen LogP contribution is 2.44. The molecule has 2 heterocycles. The van der Waals surface area contributed by atoms with Gasteiger partial charge in [0.1, 0.15) is 11.6 Å². The first-order valence-corrected chi connectivity index (χ1v) is 7.26. The number of carbonyl (C=O) groups excluding carboxylic acids is 1. The summed E-state index contributed by atoms with van der Waals surface area (Å²) in [6, 6.07) is 0.193. The fourth-order valence-corrected chi connectivity index (χ4v) is 3.08. The lowest BCUT2D eigenvalue weighted by atomic mass is 10.1. The SMILES string of the molecule is CCOC(=O)c1nc(C)n(C2CCOC2C2CC2)c1N. The van der Waals surface area contributed by atoms with Crippen LogP contribution in [0.2, 0.25) is 0 Å². The van der Waals surface area contributed by atoms with Crippen molar-refractivity contribution in [2.75, 3.05) is 18.9 Å². The van der Waals surface area contributed by atoms with Crippen LogP contribution in [0.15, 0.2) is 0 Å². The van der Waals surface area contributed by atoms with Crippen LogP contribution in [0.25, 0.3) is 0 Å². The van der Waals surface area contributed by atoms with Crippen molar-refractivity contribution in [3.63, 3.8) is 0 Å². The maximum atomic E-state index is 11.9. The predicted octanol–water partition coefficient (Wildman–Crippen LogP) is 1.69. The lowest BCUT2D eigenvalue weighted by molar-refractivity contribution is 0.0520. The van der Waals surface area contributed by atoms with Crippen LogP contribution in [0.1, 0.15) is 48.5 Å². The molecule has 1 aromatic rings. The molecule has 6 heteroatoms. The Kier molecular flexibility index (Phi) is 3.41. The number of carbonyl (C=O) groups is 1. The molecular weight excluding hydrogens is 258 g/mol. The molecule has 2 atom stereocenters. The standard InChI is InChI=1S/C14H21N3O3/c1-3-19-14(18)11-13(15)17(8(2)16-11)10-6-7-20-12(10)9-4-5-9/h9-10,12H,3-7,15H2,1-2H3. The molecule has 2 aliphatic rings. The lowest BCUT2D eigenvalue weighted by Crippen LogP contribution is -2.24. The molecule has 1 aliphatic heterocycles. The molecule has 1 aliphatic carbocycles. The molecule has 1 aromatic heterocycles. The van der Waals surface area contributed by atoms with Gasteiger partial charge in [0.05, 0.1) is 18.8 Å². The van der Waals surface area contributed by atoms with Crippen molar-refractivity contribution in [2.24, 2.45) is 5.92 Å². The minimum atomic E-state index is -0.450. The quantitative estimate of drug-likeness (QED) is 0.848. The van der Waals surface area contributed by atoms with E-state index in [-0.39, 0.29) is 17.8 Å². The smallest absolute Gasteiger partial charge is 0.360 e. The van der Waals surface area contributed by atoms with Gasteiger partial charge in [-0.15, -0.1) is 0 Å². The van der Waals surface area contributed by atoms with Crippen LogP contribution in [0.3, 0.4) is 0 Å². The summed E-state index contributed by atoms with van der Waals surface area (Å²) in [5.74, 6) is 1.34. The highest BCUT2D eigenvalue weighted by molar-refractivity contribution is 5.92. The van der Waals surface area contributed by atoms with E-state index in [1.54, 1.807) is 6.92 Å². The molecule has 110 valence electrons. The number of nitrogen functional groups attached to an aromatic ring is 1. The van der Waals surface area contributed by atoms with Gasteiger partial charge in [-0.25, -0.2) is 9.78 Å². The van der Waals surface area contributed by atoms with Crippen LogP contribution >= 0.6 is 0 Å². The normalized spacial score (nSPS) is 25.9. The summed E-state index contributed by atoms with van der Waals surface area (Å²) in [4.78, 5) is 16.2. The van der Waals surface area contributed by atoms with Crippen LogP contribution in [0.5, 0.6) is 0 Å². The Balaban J connectivity index is 1.91. The molecule has 2 unspecified atom stereocenters. The summed E-state index contributed by atoms with van der Waals surface area (Å²) in [6.07, 6.45) is 3.57. The van der Waals surface area contributed by atoms with Crippen molar-refractivity contribution in [2.45, 2.75) is 45.3 Å². The molecule has 6 nitrogen and oxygen atoms in total. The molecule has 20 heavy (non-hydrogen) atoms. The maximum absolute atomic E-state index is 11.9. The molecule has 0 aromatic carbocycles. The first kappa shape index (κ1) is 13.4. The van der Waals surface area contributed by atoms with E-state index in [0.717, 1.165) is 18.9 Å². The fraction of sp³-hybridized carbons (Fsp3) is 0.714. The van der Waals surface area contributed by atoms with E-state index in [2.05, 4.69) is 4.98 Å². The Labute approximate surface area is 118 Å². The summed E-state index contributed by atoms with van der Waals surface area (Å²) < 4.78 is 12.8. The molecule has 0 spiro atoms. The van der Waals surface area contributed by atoms with Gasteiger partial charge in [0.2, 0.25) is 0 Å². The van der Waals surface area contributed by atoms with Crippen molar-refractivity contribution >= 4 is 11.8 Å². The fourth-order valence-electron chi connectivity index (χ4n) is 3.08. The predicted molar refractivity (Wildman–Crippen MR) is 73.5 cm³/mol. The molecular formula is C14H21N3O3. The number of anilines is 1. The second-order valence-electron chi connectivity index (χ2n) is 5.51. The maximum Gasteiger partial charge on any atom is 0.360 e. The first-order chi connectivity index (χ1) is 9.63. The van der Waals surface area contributed by atoms with Crippen LogP contribution in [-0.2, 0) is 9.47 Å². The number of ether oxygens (including phenoxy) is 2. The van der Waals surface area contributed by atoms with Crippen LogP contribution in [0.4, 0.5) is 5.82 Å². The van der Waals surface area contributed by atoms with E-state index in [1.165, 1.54) is 12.8 Å².